The van der Waals surface area contributed by atoms with E-state index < -0.39 is 5.60 Å². The van der Waals surface area contributed by atoms with Gasteiger partial charge >= 0.3 is 6.09 Å². The molecule has 2 atom stereocenters. The molecule has 42 heavy (non-hydrogen) atoms. The molecule has 2 amide bonds. The number of hydrogen-bond donors (Lipinski definition) is 3. The molecule has 0 spiro atoms. The second kappa shape index (κ2) is 12.5. The van der Waals surface area contributed by atoms with Crippen LogP contribution in [0.15, 0.2) is 54.6 Å². The van der Waals surface area contributed by atoms with Crippen molar-refractivity contribution in [2.75, 3.05) is 31.5 Å². The van der Waals surface area contributed by atoms with Crippen molar-refractivity contribution in [2.24, 2.45) is 5.73 Å². The Morgan fingerprint density at radius 1 is 1.10 bits per heavy atom. The number of anilines is 1. The standard InChI is InChI=1S/C33H43N5O3S/c1-21-9-10-26(36-27-18-38(19-27)32(40)41-33(3,4)5)16-29(21)31(39)35-22(2)23-7-6-8-24(15-23)30-12-11-28(42-30)20-37-14-13-25(34)17-37/h6-12,15-16,22,25,27,36H,13-14,17-20,34H2,1-5H3,(H,35,39)/t22-,25+/m1/s1. The molecule has 0 aliphatic carbocycles. The van der Waals surface area contributed by atoms with Crippen molar-refractivity contribution < 1.29 is 14.3 Å². The highest BCUT2D eigenvalue weighted by Crippen LogP contribution is 2.31. The van der Waals surface area contributed by atoms with Gasteiger partial charge in [0.15, 0.2) is 0 Å². The Labute approximate surface area is 253 Å². The minimum atomic E-state index is -0.511. The number of nitrogens with two attached hydrogens (primary N) is 1. The third kappa shape index (κ3) is 7.51. The Hall–Kier alpha value is -3.40. The number of amides is 2. The highest BCUT2D eigenvalue weighted by molar-refractivity contribution is 7.15. The van der Waals surface area contributed by atoms with Crippen LogP contribution in [-0.2, 0) is 11.3 Å². The molecule has 2 saturated heterocycles. The number of nitrogens with one attached hydrogen (secondary N) is 2. The normalized spacial score (nSPS) is 18.4. The fourth-order valence-corrected chi connectivity index (χ4v) is 6.45. The van der Waals surface area contributed by atoms with Crippen LogP contribution in [0.5, 0.6) is 0 Å². The molecular weight excluding hydrogens is 546 g/mol. The van der Waals surface area contributed by atoms with Crippen molar-refractivity contribution in [3.05, 3.63) is 76.2 Å². The van der Waals surface area contributed by atoms with Gasteiger partial charge in [-0.15, -0.1) is 11.3 Å². The van der Waals surface area contributed by atoms with Crippen molar-refractivity contribution >= 4 is 29.0 Å². The van der Waals surface area contributed by atoms with Gasteiger partial charge in [-0.1, -0.05) is 24.3 Å². The molecule has 2 aliphatic heterocycles. The van der Waals surface area contributed by atoms with Gasteiger partial charge in [-0.2, -0.15) is 0 Å². The first-order chi connectivity index (χ1) is 19.9. The van der Waals surface area contributed by atoms with E-state index in [0.717, 1.165) is 48.4 Å². The maximum atomic E-state index is 13.4. The van der Waals surface area contributed by atoms with Crippen LogP contribution in [0.3, 0.4) is 0 Å². The van der Waals surface area contributed by atoms with Crippen LogP contribution in [0.25, 0.3) is 10.4 Å². The van der Waals surface area contributed by atoms with Crippen molar-refractivity contribution in [1.29, 1.82) is 0 Å². The number of carbonyl (C=O) groups excluding carboxylic acids is 2. The van der Waals surface area contributed by atoms with Gasteiger partial charge in [-0.3, -0.25) is 9.69 Å². The Morgan fingerprint density at radius 2 is 1.88 bits per heavy atom. The average molecular weight is 590 g/mol. The number of ether oxygens (including phenoxy) is 1. The number of carbonyl (C=O) groups is 2. The molecule has 224 valence electrons. The summed E-state index contributed by atoms with van der Waals surface area (Å²) in [4.78, 5) is 32.3. The topological polar surface area (TPSA) is 99.9 Å². The molecule has 2 fully saturated rings. The molecule has 0 bridgehead atoms. The fraction of sp³-hybridized carbons (Fsp3) is 0.455. The molecular formula is C33H43N5O3S. The number of likely N-dealkylation sites (tertiary alicyclic amines) is 2. The molecule has 3 aromatic rings. The van der Waals surface area contributed by atoms with E-state index in [2.05, 4.69) is 51.9 Å². The molecule has 5 rings (SSSR count). The number of aryl methyl sites for hydroxylation is 1. The van der Waals surface area contributed by atoms with Crippen LogP contribution in [0, 0.1) is 6.92 Å². The quantitative estimate of drug-likeness (QED) is 0.308. The van der Waals surface area contributed by atoms with E-state index in [1.54, 1.807) is 4.90 Å². The van der Waals surface area contributed by atoms with Gasteiger partial charge in [0.2, 0.25) is 0 Å². The van der Waals surface area contributed by atoms with E-state index in [1.807, 2.05) is 64.2 Å². The molecule has 1 aromatic heterocycles. The van der Waals surface area contributed by atoms with Crippen molar-refractivity contribution in [3.63, 3.8) is 0 Å². The van der Waals surface area contributed by atoms with Gasteiger partial charge < -0.3 is 26.0 Å². The summed E-state index contributed by atoms with van der Waals surface area (Å²) in [5.74, 6) is -0.111. The van der Waals surface area contributed by atoms with Gasteiger partial charge in [-0.05, 0) is 88.1 Å². The Kier molecular flexibility index (Phi) is 8.92. The molecule has 3 heterocycles. The lowest BCUT2D eigenvalue weighted by Crippen LogP contribution is -2.57. The summed E-state index contributed by atoms with van der Waals surface area (Å²) in [5.41, 5.74) is 10.2. The van der Waals surface area contributed by atoms with Crippen molar-refractivity contribution in [2.45, 2.75) is 71.3 Å². The maximum Gasteiger partial charge on any atom is 0.410 e. The van der Waals surface area contributed by atoms with Gasteiger partial charge in [0.05, 0.1) is 12.1 Å². The molecule has 2 aliphatic rings. The predicted molar refractivity (Wildman–Crippen MR) is 170 cm³/mol. The Balaban J connectivity index is 1.18. The minimum Gasteiger partial charge on any atom is -0.444 e. The second-order valence-electron chi connectivity index (χ2n) is 12.6. The molecule has 0 saturated carbocycles. The lowest BCUT2D eigenvalue weighted by atomic mass is 10.0. The van der Waals surface area contributed by atoms with Gasteiger partial charge in [0, 0.05) is 59.8 Å². The first kappa shape index (κ1) is 30.1. The van der Waals surface area contributed by atoms with Crippen LogP contribution >= 0.6 is 11.3 Å². The molecule has 0 unspecified atom stereocenters. The van der Waals surface area contributed by atoms with E-state index in [9.17, 15) is 9.59 Å². The number of benzene rings is 2. The molecule has 4 N–H and O–H groups in total. The van der Waals surface area contributed by atoms with Crippen LogP contribution < -0.4 is 16.4 Å². The zero-order valence-corrected chi connectivity index (χ0v) is 26.1. The largest absolute Gasteiger partial charge is 0.444 e. The molecule has 8 nitrogen and oxygen atoms in total. The summed E-state index contributed by atoms with van der Waals surface area (Å²) in [6.45, 7) is 13.7. The lowest BCUT2D eigenvalue weighted by Gasteiger charge is -2.40. The van der Waals surface area contributed by atoms with E-state index in [1.165, 1.54) is 9.75 Å². The molecule has 9 heteroatoms. The van der Waals surface area contributed by atoms with E-state index >= 15 is 0 Å². The summed E-state index contributed by atoms with van der Waals surface area (Å²) >= 11 is 1.82. The minimum absolute atomic E-state index is 0.111. The second-order valence-corrected chi connectivity index (χ2v) is 13.8. The third-order valence-electron chi connectivity index (χ3n) is 7.75. The van der Waals surface area contributed by atoms with Crippen LogP contribution in [0.4, 0.5) is 10.5 Å². The molecule has 2 aromatic carbocycles. The maximum absolute atomic E-state index is 13.4. The fourth-order valence-electron chi connectivity index (χ4n) is 5.40. The number of hydrogen-bond acceptors (Lipinski definition) is 7. The first-order valence-electron chi connectivity index (χ1n) is 14.8. The Bertz CT molecular complexity index is 1430. The Morgan fingerprint density at radius 3 is 2.60 bits per heavy atom. The monoisotopic (exact) mass is 589 g/mol. The van der Waals surface area contributed by atoms with Crippen molar-refractivity contribution in [1.82, 2.24) is 15.1 Å². The zero-order valence-electron chi connectivity index (χ0n) is 25.3. The van der Waals surface area contributed by atoms with Gasteiger partial charge in [-0.25, -0.2) is 4.79 Å². The summed E-state index contributed by atoms with van der Waals surface area (Å²) in [5, 5.41) is 6.64. The highest BCUT2D eigenvalue weighted by Gasteiger charge is 2.33. The van der Waals surface area contributed by atoms with Gasteiger partial charge in [0.25, 0.3) is 5.91 Å². The zero-order chi connectivity index (χ0) is 30.0. The van der Waals surface area contributed by atoms with E-state index in [-0.39, 0.29) is 24.1 Å². The number of rotatable bonds is 8. The first-order valence-corrected chi connectivity index (χ1v) is 15.6. The molecule has 0 radical (unpaired) electrons. The van der Waals surface area contributed by atoms with Crippen LogP contribution in [0.1, 0.15) is 66.5 Å². The average Bonchev–Trinajstić information content (AvgIpc) is 3.54. The smallest absolute Gasteiger partial charge is 0.410 e. The van der Waals surface area contributed by atoms with Crippen molar-refractivity contribution in [3.8, 4) is 10.4 Å². The SMILES string of the molecule is Cc1ccc(NC2CN(C(=O)OC(C)(C)C)C2)cc1C(=O)N[C@H](C)c1cccc(-c2ccc(CN3CC[C@H](N)C3)s2)c1. The number of nitrogens with zero attached hydrogens (tertiary/aromatic N) is 2. The number of thiophene rings is 1. The summed E-state index contributed by atoms with van der Waals surface area (Å²) in [6.07, 6.45) is 0.772. The third-order valence-corrected chi connectivity index (χ3v) is 8.87. The van der Waals surface area contributed by atoms with E-state index in [0.29, 0.717) is 24.7 Å². The summed E-state index contributed by atoms with van der Waals surface area (Å²) in [7, 11) is 0. The van der Waals surface area contributed by atoms with Gasteiger partial charge in [0.1, 0.15) is 5.60 Å². The van der Waals surface area contributed by atoms with Crippen LogP contribution in [-0.4, -0.2) is 65.7 Å². The predicted octanol–water partition coefficient (Wildman–Crippen LogP) is 5.78. The van der Waals surface area contributed by atoms with E-state index in [4.69, 9.17) is 10.5 Å². The highest BCUT2D eigenvalue weighted by atomic mass is 32.1. The summed E-state index contributed by atoms with van der Waals surface area (Å²) < 4.78 is 5.44. The summed E-state index contributed by atoms with van der Waals surface area (Å²) in [6, 6.07) is 18.9. The van der Waals surface area contributed by atoms with Crippen LogP contribution in [0.2, 0.25) is 0 Å². The lowest BCUT2D eigenvalue weighted by molar-refractivity contribution is 0.0105.